The molecule has 2 rings (SSSR count). The number of aromatic nitrogens is 2. The van der Waals surface area contributed by atoms with Crippen molar-refractivity contribution in [3.05, 3.63) is 23.0 Å². The fourth-order valence-corrected chi connectivity index (χ4v) is 3.26. The van der Waals surface area contributed by atoms with E-state index < -0.39 is 6.10 Å². The summed E-state index contributed by atoms with van der Waals surface area (Å²) in [6.07, 6.45) is 5.10. The van der Waals surface area contributed by atoms with Crippen molar-refractivity contribution < 1.29 is 14.6 Å². The fourth-order valence-electron chi connectivity index (χ4n) is 3.26. The molecule has 1 heterocycles. The third-order valence-corrected chi connectivity index (χ3v) is 4.87. The first-order valence-corrected chi connectivity index (χ1v) is 8.02. The quantitative estimate of drug-likeness (QED) is 0.852. The van der Waals surface area contributed by atoms with Crippen molar-refractivity contribution in [3.8, 4) is 0 Å². The summed E-state index contributed by atoms with van der Waals surface area (Å²) >= 11 is 0. The van der Waals surface area contributed by atoms with Gasteiger partial charge >= 0.3 is 0 Å². The molecule has 1 aliphatic carbocycles. The Bertz CT molecular complexity index is 594. The Morgan fingerprint density at radius 2 is 2.13 bits per heavy atom. The number of likely N-dealkylation sites (N-methyl/N-ethyl adjacent to an activating group) is 1. The van der Waals surface area contributed by atoms with Crippen LogP contribution in [0.4, 0.5) is 0 Å². The molecule has 1 N–H and O–H groups in total. The number of aryl methyl sites for hydroxylation is 2. The van der Waals surface area contributed by atoms with E-state index in [2.05, 4.69) is 5.10 Å². The lowest BCUT2D eigenvalue weighted by Gasteiger charge is -2.38. The van der Waals surface area contributed by atoms with Gasteiger partial charge in [0.2, 0.25) is 5.91 Å². The lowest BCUT2D eigenvalue weighted by molar-refractivity contribution is -0.135. The number of rotatable bonds is 4. The third kappa shape index (κ3) is 3.64. The van der Waals surface area contributed by atoms with E-state index in [1.54, 1.807) is 35.9 Å². The maximum absolute atomic E-state index is 12.4. The Morgan fingerprint density at radius 3 is 2.70 bits per heavy atom. The standard InChI is InChI=1S/C17H27N3O3/c1-11-13(12(2)20(4)18-11)9-10-16(21)19(3)14-7-6-8-15(23-5)17(14)22/h9-10,14-15,17,22H,6-8H2,1-5H3/b10-9+/t14-,15-,17-/m1/s1. The minimum atomic E-state index is -0.641. The number of aliphatic hydroxyl groups excluding tert-OH is 1. The van der Waals surface area contributed by atoms with Crippen molar-refractivity contribution in [2.75, 3.05) is 14.2 Å². The van der Waals surface area contributed by atoms with Crippen LogP contribution in [0.3, 0.4) is 0 Å². The summed E-state index contributed by atoms with van der Waals surface area (Å²) in [6.45, 7) is 3.90. The second kappa shape index (κ2) is 7.27. The third-order valence-electron chi connectivity index (χ3n) is 4.87. The Balaban J connectivity index is 2.09. The van der Waals surface area contributed by atoms with Gasteiger partial charge in [0, 0.05) is 38.5 Å². The highest BCUT2D eigenvalue weighted by atomic mass is 16.5. The van der Waals surface area contributed by atoms with Crippen LogP contribution in [0.1, 0.15) is 36.2 Å². The average molecular weight is 321 g/mol. The van der Waals surface area contributed by atoms with E-state index >= 15 is 0 Å². The fraction of sp³-hybridized carbons (Fsp3) is 0.647. The minimum absolute atomic E-state index is 0.117. The minimum Gasteiger partial charge on any atom is -0.388 e. The molecule has 0 saturated heterocycles. The van der Waals surface area contributed by atoms with Gasteiger partial charge in [0.1, 0.15) is 6.10 Å². The molecule has 0 unspecified atom stereocenters. The van der Waals surface area contributed by atoms with Crippen LogP contribution in [0, 0.1) is 13.8 Å². The number of carbonyl (C=O) groups excluding carboxylic acids is 1. The Kier molecular flexibility index (Phi) is 5.59. The summed E-state index contributed by atoms with van der Waals surface area (Å²) in [7, 11) is 5.23. The molecule has 6 nitrogen and oxygen atoms in total. The maximum Gasteiger partial charge on any atom is 0.246 e. The summed E-state index contributed by atoms with van der Waals surface area (Å²) in [5.74, 6) is -0.117. The van der Waals surface area contributed by atoms with Gasteiger partial charge in [-0.05, 0) is 39.2 Å². The Hall–Kier alpha value is -1.66. The summed E-state index contributed by atoms with van der Waals surface area (Å²) < 4.78 is 7.11. The van der Waals surface area contributed by atoms with Gasteiger partial charge in [-0.15, -0.1) is 0 Å². The van der Waals surface area contributed by atoms with Crippen LogP contribution in [0.25, 0.3) is 6.08 Å². The van der Waals surface area contributed by atoms with Crippen LogP contribution < -0.4 is 0 Å². The molecule has 0 aromatic carbocycles. The number of aliphatic hydroxyl groups is 1. The topological polar surface area (TPSA) is 67.6 Å². The van der Waals surface area contributed by atoms with Crippen LogP contribution in [0.2, 0.25) is 0 Å². The molecule has 3 atom stereocenters. The Labute approximate surface area is 137 Å². The molecule has 1 aliphatic rings. The van der Waals surface area contributed by atoms with Crippen LogP contribution >= 0.6 is 0 Å². The normalized spacial score (nSPS) is 25.0. The van der Waals surface area contributed by atoms with Crippen molar-refractivity contribution in [2.45, 2.75) is 51.4 Å². The van der Waals surface area contributed by atoms with Gasteiger partial charge in [-0.25, -0.2) is 0 Å². The van der Waals surface area contributed by atoms with Gasteiger partial charge in [0.05, 0.1) is 17.8 Å². The highest BCUT2D eigenvalue weighted by molar-refractivity contribution is 5.92. The van der Waals surface area contributed by atoms with E-state index in [0.717, 1.165) is 36.2 Å². The number of nitrogens with zero attached hydrogens (tertiary/aromatic N) is 3. The van der Waals surface area contributed by atoms with Crippen LogP contribution in [0.5, 0.6) is 0 Å². The molecule has 1 aromatic rings. The van der Waals surface area contributed by atoms with E-state index in [1.165, 1.54) is 0 Å². The van der Waals surface area contributed by atoms with E-state index in [9.17, 15) is 9.90 Å². The molecule has 1 aromatic heterocycles. The molecular formula is C17H27N3O3. The molecule has 0 spiro atoms. The van der Waals surface area contributed by atoms with Gasteiger partial charge in [-0.1, -0.05) is 0 Å². The van der Waals surface area contributed by atoms with Crippen LogP contribution in [0.15, 0.2) is 6.08 Å². The average Bonchev–Trinajstić information content (AvgIpc) is 2.77. The number of ether oxygens (including phenoxy) is 1. The second-order valence-corrected chi connectivity index (χ2v) is 6.25. The number of amides is 1. The molecule has 23 heavy (non-hydrogen) atoms. The summed E-state index contributed by atoms with van der Waals surface area (Å²) in [5, 5.41) is 14.7. The van der Waals surface area contributed by atoms with Crippen molar-refractivity contribution in [2.24, 2.45) is 7.05 Å². The molecule has 0 radical (unpaired) electrons. The zero-order chi connectivity index (χ0) is 17.1. The van der Waals surface area contributed by atoms with Crippen molar-refractivity contribution in [1.82, 2.24) is 14.7 Å². The van der Waals surface area contributed by atoms with E-state index in [-0.39, 0.29) is 18.1 Å². The predicted molar refractivity (Wildman–Crippen MR) is 88.9 cm³/mol. The number of methoxy groups -OCH3 is 1. The van der Waals surface area contributed by atoms with Crippen LogP contribution in [-0.4, -0.2) is 58.1 Å². The van der Waals surface area contributed by atoms with Gasteiger partial charge in [0.15, 0.2) is 0 Å². The molecule has 128 valence electrons. The van der Waals surface area contributed by atoms with E-state index in [0.29, 0.717) is 0 Å². The lowest BCUT2D eigenvalue weighted by Crippen LogP contribution is -2.51. The van der Waals surface area contributed by atoms with Crippen LogP contribution in [-0.2, 0) is 16.6 Å². The first-order chi connectivity index (χ1) is 10.9. The zero-order valence-electron chi connectivity index (χ0n) is 14.6. The molecule has 1 saturated carbocycles. The van der Waals surface area contributed by atoms with Crippen molar-refractivity contribution in [3.63, 3.8) is 0 Å². The highest BCUT2D eigenvalue weighted by Gasteiger charge is 2.35. The largest absolute Gasteiger partial charge is 0.388 e. The van der Waals surface area contributed by atoms with Crippen molar-refractivity contribution in [1.29, 1.82) is 0 Å². The summed E-state index contributed by atoms with van der Waals surface area (Å²) in [6, 6.07) is -0.207. The molecular weight excluding hydrogens is 294 g/mol. The number of carbonyl (C=O) groups is 1. The molecule has 1 fully saturated rings. The molecule has 0 aliphatic heterocycles. The highest BCUT2D eigenvalue weighted by Crippen LogP contribution is 2.25. The van der Waals surface area contributed by atoms with E-state index in [1.807, 2.05) is 20.9 Å². The summed E-state index contributed by atoms with van der Waals surface area (Å²) in [4.78, 5) is 14.1. The summed E-state index contributed by atoms with van der Waals surface area (Å²) in [5.41, 5.74) is 2.88. The number of hydrogen-bond donors (Lipinski definition) is 1. The lowest BCUT2D eigenvalue weighted by atomic mass is 9.89. The monoisotopic (exact) mass is 321 g/mol. The van der Waals surface area contributed by atoms with E-state index in [4.69, 9.17) is 4.74 Å². The molecule has 1 amide bonds. The maximum atomic E-state index is 12.4. The van der Waals surface area contributed by atoms with Gasteiger partial charge in [0.25, 0.3) is 0 Å². The smallest absolute Gasteiger partial charge is 0.246 e. The molecule has 0 bridgehead atoms. The first kappa shape index (κ1) is 17.7. The van der Waals surface area contributed by atoms with Gasteiger partial charge in [-0.2, -0.15) is 5.10 Å². The zero-order valence-corrected chi connectivity index (χ0v) is 14.6. The molecule has 6 heteroatoms. The van der Waals surface area contributed by atoms with Crippen molar-refractivity contribution >= 4 is 12.0 Å². The first-order valence-electron chi connectivity index (χ1n) is 8.02. The van der Waals surface area contributed by atoms with Gasteiger partial charge < -0.3 is 14.7 Å². The predicted octanol–water partition coefficient (Wildman–Crippen LogP) is 1.44. The van der Waals surface area contributed by atoms with Gasteiger partial charge in [-0.3, -0.25) is 9.48 Å². The SMILES string of the molecule is CO[C@@H]1CCC[C@@H](N(C)C(=O)/C=C/c2c(C)nn(C)c2C)[C@H]1O. The Morgan fingerprint density at radius 1 is 1.43 bits per heavy atom. The number of hydrogen-bond acceptors (Lipinski definition) is 4. The second-order valence-electron chi connectivity index (χ2n) is 6.25.